The summed E-state index contributed by atoms with van der Waals surface area (Å²) < 4.78 is 26.9. The van der Waals surface area contributed by atoms with Gasteiger partial charge in [-0.2, -0.15) is 0 Å². The smallest absolute Gasteiger partial charge is 0.250 e. The Morgan fingerprint density at radius 2 is 1.80 bits per heavy atom. The van der Waals surface area contributed by atoms with Crippen LogP contribution in [0.1, 0.15) is 23.6 Å². The molecule has 2 aromatic rings. The second-order valence-corrected chi connectivity index (χ2v) is 7.33. The number of hydrogen-bond donors (Lipinski definition) is 2. The number of rotatable bonds is 6. The van der Waals surface area contributed by atoms with E-state index >= 15 is 0 Å². The van der Waals surface area contributed by atoms with Gasteiger partial charge in [-0.15, -0.1) is 11.3 Å². The highest BCUT2D eigenvalue weighted by atomic mass is 32.2. The number of sulfonamides is 1. The fraction of sp³-hybridized carbons (Fsp3) is 0.286. The van der Waals surface area contributed by atoms with Crippen molar-refractivity contribution in [3.63, 3.8) is 0 Å². The van der Waals surface area contributed by atoms with E-state index in [2.05, 4.69) is 11.6 Å². The Bertz CT molecular complexity index is 660. The first-order valence-electron chi connectivity index (χ1n) is 6.31. The Balaban J connectivity index is 2.04. The van der Waals surface area contributed by atoms with Gasteiger partial charge in [0.05, 0.1) is 6.61 Å². The summed E-state index contributed by atoms with van der Waals surface area (Å²) in [7, 11) is -3.51. The van der Waals surface area contributed by atoms with Gasteiger partial charge in [0.25, 0.3) is 0 Å². The highest BCUT2D eigenvalue weighted by molar-refractivity contribution is 7.91. The molecule has 6 heteroatoms. The lowest BCUT2D eigenvalue weighted by Gasteiger charge is -2.05. The average molecular weight is 311 g/mol. The zero-order valence-electron chi connectivity index (χ0n) is 11.2. The molecule has 0 unspecified atom stereocenters. The van der Waals surface area contributed by atoms with Crippen LogP contribution in [0.3, 0.4) is 0 Å². The van der Waals surface area contributed by atoms with Crippen LogP contribution in [0.2, 0.25) is 0 Å². The molecule has 0 atom stereocenters. The highest BCUT2D eigenvalue weighted by Gasteiger charge is 2.16. The molecule has 1 heterocycles. The SMILES string of the molecule is CCc1ccc(CNS(=O)(=O)c2cc(CO)cs2)cc1. The molecule has 0 aliphatic rings. The van der Waals surface area contributed by atoms with E-state index in [1.807, 2.05) is 24.3 Å². The predicted octanol–water partition coefficient (Wildman–Crippen LogP) is 2.28. The lowest BCUT2D eigenvalue weighted by molar-refractivity contribution is 0.282. The number of aryl methyl sites for hydroxylation is 1. The summed E-state index contributed by atoms with van der Waals surface area (Å²) in [5.41, 5.74) is 2.76. The van der Waals surface area contributed by atoms with Crippen LogP contribution in [-0.2, 0) is 29.6 Å². The molecule has 0 fully saturated rings. The number of aliphatic hydroxyl groups is 1. The molecule has 0 aliphatic heterocycles. The highest BCUT2D eigenvalue weighted by Crippen LogP contribution is 2.20. The van der Waals surface area contributed by atoms with Crippen molar-refractivity contribution in [1.29, 1.82) is 0 Å². The molecule has 20 heavy (non-hydrogen) atoms. The van der Waals surface area contributed by atoms with Crippen LogP contribution in [0.5, 0.6) is 0 Å². The molecule has 1 aromatic carbocycles. The summed E-state index contributed by atoms with van der Waals surface area (Å²) in [6.07, 6.45) is 0.963. The van der Waals surface area contributed by atoms with Gasteiger partial charge in [0.1, 0.15) is 4.21 Å². The van der Waals surface area contributed by atoms with Gasteiger partial charge in [-0.1, -0.05) is 31.2 Å². The van der Waals surface area contributed by atoms with Gasteiger partial charge >= 0.3 is 0 Å². The number of nitrogens with one attached hydrogen (secondary N) is 1. The predicted molar refractivity (Wildman–Crippen MR) is 80.1 cm³/mol. The summed E-state index contributed by atoms with van der Waals surface area (Å²) in [6.45, 7) is 2.19. The van der Waals surface area contributed by atoms with E-state index in [1.165, 1.54) is 11.6 Å². The molecule has 0 saturated heterocycles. The monoisotopic (exact) mass is 311 g/mol. The van der Waals surface area contributed by atoms with Crippen molar-refractivity contribution in [2.75, 3.05) is 0 Å². The topological polar surface area (TPSA) is 66.4 Å². The maximum Gasteiger partial charge on any atom is 0.250 e. The van der Waals surface area contributed by atoms with E-state index in [4.69, 9.17) is 5.11 Å². The molecular weight excluding hydrogens is 294 g/mol. The van der Waals surface area contributed by atoms with Gasteiger partial charge in [0.2, 0.25) is 10.0 Å². The standard InChI is InChI=1S/C14H17NO3S2/c1-2-11-3-5-12(6-4-11)8-15-20(17,18)14-7-13(9-16)10-19-14/h3-7,10,15-16H,2,8-9H2,1H3. The van der Waals surface area contributed by atoms with Gasteiger partial charge in [0, 0.05) is 6.54 Å². The minimum Gasteiger partial charge on any atom is -0.392 e. The molecule has 1 aromatic heterocycles. The Morgan fingerprint density at radius 1 is 1.15 bits per heavy atom. The molecular formula is C14H17NO3S2. The van der Waals surface area contributed by atoms with Crippen molar-refractivity contribution in [1.82, 2.24) is 4.72 Å². The molecule has 0 bridgehead atoms. The van der Waals surface area contributed by atoms with Crippen LogP contribution in [0, 0.1) is 0 Å². The number of hydrogen-bond acceptors (Lipinski definition) is 4. The fourth-order valence-corrected chi connectivity index (χ4v) is 3.98. The minimum absolute atomic E-state index is 0.148. The zero-order chi connectivity index (χ0) is 14.6. The number of aliphatic hydroxyl groups excluding tert-OH is 1. The Kier molecular flexibility index (Phi) is 4.93. The summed E-state index contributed by atoms with van der Waals surface area (Å²) >= 11 is 1.11. The van der Waals surface area contributed by atoms with Crippen LogP contribution < -0.4 is 4.72 Å². The normalized spacial score (nSPS) is 11.7. The largest absolute Gasteiger partial charge is 0.392 e. The van der Waals surface area contributed by atoms with Crippen LogP contribution >= 0.6 is 11.3 Å². The van der Waals surface area contributed by atoms with Crippen LogP contribution in [0.4, 0.5) is 0 Å². The Labute approximate surface area is 123 Å². The Morgan fingerprint density at radius 3 is 2.35 bits per heavy atom. The van der Waals surface area contributed by atoms with Crippen LogP contribution in [0.15, 0.2) is 39.9 Å². The maximum atomic E-state index is 12.1. The van der Waals surface area contributed by atoms with Crippen molar-refractivity contribution in [3.8, 4) is 0 Å². The molecule has 2 rings (SSSR count). The fourth-order valence-electron chi connectivity index (χ4n) is 1.72. The van der Waals surface area contributed by atoms with Crippen molar-refractivity contribution >= 4 is 21.4 Å². The van der Waals surface area contributed by atoms with Crippen LogP contribution in [-0.4, -0.2) is 13.5 Å². The second-order valence-electron chi connectivity index (χ2n) is 4.43. The van der Waals surface area contributed by atoms with Gasteiger partial charge in [-0.25, -0.2) is 13.1 Å². The van der Waals surface area contributed by atoms with Gasteiger partial charge in [-0.3, -0.25) is 0 Å². The minimum atomic E-state index is -3.51. The van der Waals surface area contributed by atoms with Crippen LogP contribution in [0.25, 0.3) is 0 Å². The summed E-state index contributed by atoms with van der Waals surface area (Å²) in [4.78, 5) is 0. The molecule has 108 valence electrons. The molecule has 0 amide bonds. The quantitative estimate of drug-likeness (QED) is 0.860. The van der Waals surface area contributed by atoms with E-state index in [-0.39, 0.29) is 17.4 Å². The summed E-state index contributed by atoms with van der Waals surface area (Å²) in [6, 6.07) is 9.34. The van der Waals surface area contributed by atoms with Crippen molar-refractivity contribution in [2.45, 2.75) is 30.7 Å². The van der Waals surface area contributed by atoms with E-state index in [0.717, 1.165) is 23.3 Å². The maximum absolute atomic E-state index is 12.1. The van der Waals surface area contributed by atoms with E-state index < -0.39 is 10.0 Å². The number of thiophene rings is 1. The van der Waals surface area contributed by atoms with Crippen molar-refractivity contribution in [2.24, 2.45) is 0 Å². The van der Waals surface area contributed by atoms with E-state index in [9.17, 15) is 8.42 Å². The van der Waals surface area contributed by atoms with Gasteiger partial charge in [0.15, 0.2) is 0 Å². The third-order valence-corrected chi connectivity index (χ3v) is 5.86. The van der Waals surface area contributed by atoms with Gasteiger partial charge < -0.3 is 5.11 Å². The first-order chi connectivity index (χ1) is 9.55. The molecule has 0 saturated carbocycles. The Hall–Kier alpha value is -1.21. The molecule has 2 N–H and O–H groups in total. The van der Waals surface area contributed by atoms with Crippen molar-refractivity contribution < 1.29 is 13.5 Å². The average Bonchev–Trinajstić information content (AvgIpc) is 2.95. The lowest BCUT2D eigenvalue weighted by Crippen LogP contribution is -2.22. The van der Waals surface area contributed by atoms with Gasteiger partial charge in [-0.05, 0) is 34.6 Å². The lowest BCUT2D eigenvalue weighted by atomic mass is 10.1. The first kappa shape index (κ1) is 15.2. The third kappa shape index (κ3) is 3.67. The zero-order valence-corrected chi connectivity index (χ0v) is 12.8. The van der Waals surface area contributed by atoms with Crippen molar-refractivity contribution in [3.05, 3.63) is 52.4 Å². The summed E-state index contributed by atoms with van der Waals surface area (Å²) in [5, 5.41) is 10.6. The third-order valence-electron chi connectivity index (χ3n) is 2.97. The molecule has 0 aliphatic carbocycles. The molecule has 4 nitrogen and oxygen atoms in total. The molecule has 0 spiro atoms. The van der Waals surface area contributed by atoms with E-state index in [0.29, 0.717) is 5.56 Å². The number of benzene rings is 1. The second kappa shape index (κ2) is 6.49. The molecule has 0 radical (unpaired) electrons. The van der Waals surface area contributed by atoms with E-state index in [1.54, 1.807) is 5.38 Å². The summed E-state index contributed by atoms with van der Waals surface area (Å²) in [5.74, 6) is 0. The first-order valence-corrected chi connectivity index (χ1v) is 8.67.